The van der Waals surface area contributed by atoms with E-state index in [-0.39, 0.29) is 17.0 Å². The number of hydrogen-bond acceptors (Lipinski definition) is 5. The molecule has 0 saturated carbocycles. The highest BCUT2D eigenvalue weighted by Crippen LogP contribution is 2.30. The number of halogens is 3. The first-order valence-electron chi connectivity index (χ1n) is 8.54. The topological polar surface area (TPSA) is 84.5 Å². The van der Waals surface area contributed by atoms with Crippen molar-refractivity contribution in [1.29, 1.82) is 0 Å². The number of imide groups is 1. The summed E-state index contributed by atoms with van der Waals surface area (Å²) in [6.45, 7) is 0. The van der Waals surface area contributed by atoms with Gasteiger partial charge in [0.2, 0.25) is 5.91 Å². The van der Waals surface area contributed by atoms with E-state index in [9.17, 15) is 27.6 Å². The highest BCUT2D eigenvalue weighted by Gasteiger charge is 2.30. The van der Waals surface area contributed by atoms with Gasteiger partial charge in [0.1, 0.15) is 5.75 Å². The lowest BCUT2D eigenvalue weighted by molar-refractivity contribution is -0.137. The molecular formula is C20H15F3N2O4S. The normalized spacial score (nSPS) is 15.3. The number of carbonyl (C=O) groups excluding carboxylic acids is 3. The monoisotopic (exact) mass is 436 g/mol. The Morgan fingerprint density at radius 2 is 1.87 bits per heavy atom. The fourth-order valence-electron chi connectivity index (χ4n) is 2.72. The molecule has 1 saturated heterocycles. The lowest BCUT2D eigenvalue weighted by Gasteiger charge is -2.11. The smallest absolute Gasteiger partial charge is 0.416 e. The van der Waals surface area contributed by atoms with E-state index in [1.165, 1.54) is 25.3 Å². The molecule has 0 spiro atoms. The van der Waals surface area contributed by atoms with Crippen LogP contribution in [-0.2, 0) is 22.2 Å². The predicted octanol–water partition coefficient (Wildman–Crippen LogP) is 4.22. The summed E-state index contributed by atoms with van der Waals surface area (Å²) in [4.78, 5) is 35.5. The van der Waals surface area contributed by atoms with Gasteiger partial charge in [-0.1, -0.05) is 6.07 Å². The van der Waals surface area contributed by atoms with Crippen molar-refractivity contribution >= 4 is 40.6 Å². The Labute approximate surface area is 173 Å². The first-order valence-corrected chi connectivity index (χ1v) is 9.36. The molecule has 2 N–H and O–H groups in total. The van der Waals surface area contributed by atoms with Crippen LogP contribution in [-0.4, -0.2) is 24.2 Å². The van der Waals surface area contributed by atoms with Gasteiger partial charge in [0.05, 0.1) is 24.0 Å². The van der Waals surface area contributed by atoms with Crippen molar-refractivity contribution in [1.82, 2.24) is 5.32 Å². The number of carbonyl (C=O) groups is 3. The van der Waals surface area contributed by atoms with Crippen LogP contribution < -0.4 is 15.4 Å². The van der Waals surface area contributed by atoms with Gasteiger partial charge in [-0.2, -0.15) is 13.2 Å². The Balaban J connectivity index is 1.75. The first kappa shape index (κ1) is 21.4. The largest absolute Gasteiger partial charge is 0.496 e. The number of hydrogen-bond donors (Lipinski definition) is 2. The second kappa shape index (κ2) is 8.62. The third kappa shape index (κ3) is 5.20. The maximum Gasteiger partial charge on any atom is 0.416 e. The van der Waals surface area contributed by atoms with Gasteiger partial charge in [0, 0.05) is 11.3 Å². The van der Waals surface area contributed by atoms with Gasteiger partial charge in [-0.3, -0.25) is 19.7 Å². The van der Waals surface area contributed by atoms with E-state index in [2.05, 4.69) is 10.6 Å². The fourth-order valence-corrected chi connectivity index (χ4v) is 3.40. The molecule has 0 unspecified atom stereocenters. The van der Waals surface area contributed by atoms with Gasteiger partial charge in [-0.15, -0.1) is 0 Å². The van der Waals surface area contributed by atoms with Crippen LogP contribution in [0, 0.1) is 0 Å². The molecule has 0 radical (unpaired) electrons. The van der Waals surface area contributed by atoms with Crippen LogP contribution in [0.25, 0.3) is 6.08 Å². The SMILES string of the molecule is COc1ccc(C=C2SC(=O)NC2=O)cc1CC(=O)Nc1ccc(C(F)(F)F)cc1. The van der Waals surface area contributed by atoms with Crippen molar-refractivity contribution in [2.45, 2.75) is 12.6 Å². The standard InChI is InChI=1S/C20H15F3N2O4S/c1-29-15-7-2-11(9-16-18(27)25-19(28)30-16)8-12(15)10-17(26)24-14-5-3-13(4-6-14)20(21,22)23/h2-9H,10H2,1H3,(H,24,26)(H,25,27,28). The summed E-state index contributed by atoms with van der Waals surface area (Å²) in [5.41, 5.74) is 0.504. The molecule has 0 atom stereocenters. The Bertz CT molecular complexity index is 1030. The number of ether oxygens (including phenoxy) is 1. The van der Waals surface area contributed by atoms with Crippen LogP contribution >= 0.6 is 11.8 Å². The van der Waals surface area contributed by atoms with E-state index in [4.69, 9.17) is 4.74 Å². The molecule has 0 aromatic heterocycles. The number of methoxy groups -OCH3 is 1. The zero-order valence-corrected chi connectivity index (χ0v) is 16.3. The molecule has 0 bridgehead atoms. The number of benzene rings is 2. The minimum absolute atomic E-state index is 0.112. The van der Waals surface area contributed by atoms with Gasteiger partial charge in [0.15, 0.2) is 0 Å². The van der Waals surface area contributed by atoms with Crippen molar-refractivity contribution in [2.24, 2.45) is 0 Å². The predicted molar refractivity (Wildman–Crippen MR) is 106 cm³/mol. The number of alkyl halides is 3. The van der Waals surface area contributed by atoms with Crippen molar-refractivity contribution < 1.29 is 32.3 Å². The summed E-state index contributed by atoms with van der Waals surface area (Å²) >= 11 is 0.774. The maximum atomic E-state index is 12.6. The molecule has 1 aliphatic heterocycles. The summed E-state index contributed by atoms with van der Waals surface area (Å²) in [5, 5.41) is 4.23. The van der Waals surface area contributed by atoms with E-state index < -0.39 is 28.8 Å². The highest BCUT2D eigenvalue weighted by molar-refractivity contribution is 8.18. The lowest BCUT2D eigenvalue weighted by Crippen LogP contribution is -2.17. The number of rotatable bonds is 5. The zero-order chi connectivity index (χ0) is 21.9. The van der Waals surface area contributed by atoms with Gasteiger partial charge in [-0.05, 0) is 59.8 Å². The van der Waals surface area contributed by atoms with Crippen molar-refractivity contribution in [2.75, 3.05) is 12.4 Å². The molecule has 30 heavy (non-hydrogen) atoms. The molecule has 10 heteroatoms. The summed E-state index contributed by atoms with van der Waals surface area (Å²) in [6.07, 6.45) is -3.05. The lowest BCUT2D eigenvalue weighted by atomic mass is 10.1. The average molecular weight is 436 g/mol. The second-order valence-electron chi connectivity index (χ2n) is 6.22. The zero-order valence-electron chi connectivity index (χ0n) is 15.5. The van der Waals surface area contributed by atoms with Crippen LogP contribution in [0.5, 0.6) is 5.75 Å². The van der Waals surface area contributed by atoms with Crippen LogP contribution in [0.1, 0.15) is 16.7 Å². The van der Waals surface area contributed by atoms with Gasteiger partial charge < -0.3 is 10.1 Å². The van der Waals surface area contributed by atoms with Crippen LogP contribution in [0.2, 0.25) is 0 Å². The van der Waals surface area contributed by atoms with E-state index in [1.54, 1.807) is 18.2 Å². The van der Waals surface area contributed by atoms with Crippen molar-refractivity contribution in [3.05, 3.63) is 64.1 Å². The molecule has 1 heterocycles. The minimum atomic E-state index is -4.45. The molecular weight excluding hydrogens is 421 g/mol. The summed E-state index contributed by atoms with van der Waals surface area (Å²) in [6, 6.07) is 9.03. The van der Waals surface area contributed by atoms with Gasteiger partial charge in [0.25, 0.3) is 11.1 Å². The third-order valence-electron chi connectivity index (χ3n) is 4.09. The van der Waals surface area contributed by atoms with Gasteiger partial charge in [-0.25, -0.2) is 0 Å². The van der Waals surface area contributed by atoms with Crippen LogP contribution in [0.15, 0.2) is 47.4 Å². The Hall–Kier alpha value is -3.27. The quantitative estimate of drug-likeness (QED) is 0.686. The van der Waals surface area contributed by atoms with Gasteiger partial charge >= 0.3 is 6.18 Å². The van der Waals surface area contributed by atoms with Crippen molar-refractivity contribution in [3.63, 3.8) is 0 Å². The van der Waals surface area contributed by atoms with E-state index >= 15 is 0 Å². The molecule has 1 fully saturated rings. The molecule has 0 aliphatic carbocycles. The number of thioether (sulfide) groups is 1. The average Bonchev–Trinajstić information content (AvgIpc) is 2.98. The van der Waals surface area contributed by atoms with E-state index in [0.717, 1.165) is 23.9 Å². The Morgan fingerprint density at radius 1 is 1.17 bits per heavy atom. The number of nitrogens with one attached hydrogen (secondary N) is 2. The minimum Gasteiger partial charge on any atom is -0.496 e. The van der Waals surface area contributed by atoms with Crippen LogP contribution in [0.3, 0.4) is 0 Å². The Morgan fingerprint density at radius 3 is 2.43 bits per heavy atom. The molecule has 2 aromatic carbocycles. The third-order valence-corrected chi connectivity index (χ3v) is 4.90. The highest BCUT2D eigenvalue weighted by atomic mass is 32.2. The fraction of sp³-hybridized carbons (Fsp3) is 0.150. The first-order chi connectivity index (χ1) is 14.2. The number of amides is 3. The summed E-state index contributed by atoms with van der Waals surface area (Å²) in [7, 11) is 1.43. The second-order valence-corrected chi connectivity index (χ2v) is 7.24. The summed E-state index contributed by atoms with van der Waals surface area (Å²) in [5.74, 6) is -0.525. The molecule has 6 nitrogen and oxygen atoms in total. The molecule has 3 rings (SSSR count). The maximum absolute atomic E-state index is 12.6. The molecule has 2 aromatic rings. The summed E-state index contributed by atoms with van der Waals surface area (Å²) < 4.78 is 43.1. The molecule has 156 valence electrons. The van der Waals surface area contributed by atoms with E-state index in [0.29, 0.717) is 16.9 Å². The van der Waals surface area contributed by atoms with Crippen LogP contribution in [0.4, 0.5) is 23.7 Å². The van der Waals surface area contributed by atoms with E-state index in [1.807, 2.05) is 0 Å². The molecule has 1 aliphatic rings. The van der Waals surface area contributed by atoms with Crippen molar-refractivity contribution in [3.8, 4) is 5.75 Å². The molecule has 3 amide bonds. The Kier molecular flexibility index (Phi) is 6.16. The number of anilines is 1.